The van der Waals surface area contributed by atoms with Crippen LogP contribution in [0.5, 0.6) is 0 Å². The van der Waals surface area contributed by atoms with Crippen LogP contribution < -0.4 is 41.7 Å². The fourth-order valence-electron chi connectivity index (χ4n) is 10.6. The van der Waals surface area contributed by atoms with Crippen molar-refractivity contribution < 1.29 is 18.4 Å². The Hall–Kier alpha value is -5.21. The number of amides is 2. The number of fused-ring (bicyclic) bond motifs is 1. The average Bonchev–Trinajstić information content (AvgIpc) is 3.30. The molecular weight excluding hydrogens is 787 g/mol. The van der Waals surface area contributed by atoms with Gasteiger partial charge in [-0.3, -0.25) is 14.5 Å². The van der Waals surface area contributed by atoms with Crippen molar-refractivity contribution in [3.63, 3.8) is 0 Å². The second kappa shape index (κ2) is 18.3. The molecule has 330 valence electrons. The molecule has 14 heteroatoms. The Morgan fingerprint density at radius 3 is 2.45 bits per heavy atom. The summed E-state index contributed by atoms with van der Waals surface area (Å²) in [6, 6.07) is 12.4. The largest absolute Gasteiger partial charge is 0.380 e. The monoisotopic (exact) mass is 849 g/mol. The lowest BCUT2D eigenvalue weighted by Crippen LogP contribution is -2.63. The molecule has 3 unspecified atom stereocenters. The Kier molecular flexibility index (Phi) is 12.4. The smallest absolute Gasteiger partial charge is 0.253 e. The molecule has 2 aromatic carbocycles. The molecular formula is C48H62F2N10O2. The highest BCUT2D eigenvalue weighted by Gasteiger charge is 2.47. The Labute approximate surface area is 364 Å². The van der Waals surface area contributed by atoms with Gasteiger partial charge in [-0.2, -0.15) is 0 Å². The van der Waals surface area contributed by atoms with Crippen LogP contribution in [0.4, 0.5) is 43.0 Å². The first kappa shape index (κ1) is 42.1. The van der Waals surface area contributed by atoms with Gasteiger partial charge in [0.05, 0.1) is 23.1 Å². The number of nitrogens with zero attached hydrogens (tertiary/aromatic N) is 5. The van der Waals surface area contributed by atoms with E-state index in [4.69, 9.17) is 5.73 Å². The zero-order valence-corrected chi connectivity index (χ0v) is 36.0. The van der Waals surface area contributed by atoms with Crippen molar-refractivity contribution in [2.45, 2.75) is 88.8 Å². The fourth-order valence-corrected chi connectivity index (χ4v) is 10.6. The van der Waals surface area contributed by atoms with Crippen molar-refractivity contribution >= 4 is 51.6 Å². The van der Waals surface area contributed by atoms with E-state index in [-0.39, 0.29) is 41.5 Å². The van der Waals surface area contributed by atoms with Crippen molar-refractivity contribution in [3.05, 3.63) is 83.6 Å². The quantitative estimate of drug-likeness (QED) is 0.144. The minimum Gasteiger partial charge on any atom is -0.380 e. The Balaban J connectivity index is 0.924. The summed E-state index contributed by atoms with van der Waals surface area (Å²) >= 11 is 0. The molecule has 2 amide bonds. The number of nitrogens with two attached hydrogens (primary N) is 1. The van der Waals surface area contributed by atoms with Crippen molar-refractivity contribution in [2.75, 3.05) is 96.1 Å². The van der Waals surface area contributed by atoms with E-state index >= 15 is 8.78 Å². The van der Waals surface area contributed by atoms with E-state index in [1.54, 1.807) is 18.3 Å². The number of carbonyl (C=O) groups is 2. The predicted octanol–water partition coefficient (Wildman–Crippen LogP) is 7.12. The number of hydrogen-bond acceptors (Lipinski definition) is 10. The molecule has 0 saturated carbocycles. The normalized spacial score (nSPS) is 25.6. The van der Waals surface area contributed by atoms with Crippen LogP contribution in [0.15, 0.2) is 66.6 Å². The van der Waals surface area contributed by atoms with Gasteiger partial charge in [-0.15, -0.1) is 0 Å². The van der Waals surface area contributed by atoms with Crippen molar-refractivity contribution in [3.8, 4) is 0 Å². The molecule has 12 nitrogen and oxygen atoms in total. The summed E-state index contributed by atoms with van der Waals surface area (Å²) in [5.41, 5.74) is 10.6. The van der Waals surface area contributed by atoms with Crippen molar-refractivity contribution in [1.29, 1.82) is 0 Å². The number of pyridine rings is 1. The third-order valence-electron chi connectivity index (χ3n) is 13.9. The Bertz CT molecular complexity index is 2200. The zero-order valence-electron chi connectivity index (χ0n) is 36.0. The zero-order chi connectivity index (χ0) is 42.8. The molecule has 4 atom stereocenters. The summed E-state index contributed by atoms with van der Waals surface area (Å²) in [5, 5.41) is 13.4. The predicted molar refractivity (Wildman–Crippen MR) is 245 cm³/mol. The van der Waals surface area contributed by atoms with E-state index in [0.29, 0.717) is 67.2 Å². The molecule has 1 aliphatic carbocycles. The molecule has 1 aromatic heterocycles. The second-order valence-corrected chi connectivity index (χ2v) is 18.2. The molecule has 6 aliphatic rings. The third kappa shape index (κ3) is 8.73. The van der Waals surface area contributed by atoms with Gasteiger partial charge in [-0.1, -0.05) is 13.0 Å². The Morgan fingerprint density at radius 2 is 1.66 bits per heavy atom. The van der Waals surface area contributed by atoms with E-state index in [9.17, 15) is 9.59 Å². The molecule has 6 heterocycles. The van der Waals surface area contributed by atoms with Gasteiger partial charge in [0.1, 0.15) is 23.0 Å². The number of aromatic nitrogens is 1. The van der Waals surface area contributed by atoms with Gasteiger partial charge < -0.3 is 41.7 Å². The summed E-state index contributed by atoms with van der Waals surface area (Å²) in [6.07, 6.45) is 15.6. The molecule has 0 radical (unpaired) electrons. The van der Waals surface area contributed by atoms with Crippen LogP contribution in [0.1, 0.15) is 87.1 Å². The average molecular weight is 849 g/mol. The Morgan fingerprint density at radius 1 is 0.887 bits per heavy atom. The summed E-state index contributed by atoms with van der Waals surface area (Å²) < 4.78 is 31.9. The van der Waals surface area contributed by atoms with Crippen molar-refractivity contribution in [2.24, 2.45) is 11.7 Å². The van der Waals surface area contributed by atoms with Gasteiger partial charge in [-0.05, 0) is 119 Å². The van der Waals surface area contributed by atoms with Gasteiger partial charge in [0.2, 0.25) is 0 Å². The summed E-state index contributed by atoms with van der Waals surface area (Å²) in [6.45, 7) is 9.16. The van der Waals surface area contributed by atoms with Gasteiger partial charge in [-0.25, -0.2) is 13.8 Å². The van der Waals surface area contributed by atoms with Crippen molar-refractivity contribution in [1.82, 2.24) is 15.2 Å². The molecule has 4 saturated heterocycles. The molecule has 9 rings (SSSR count). The highest BCUT2D eigenvalue weighted by Crippen LogP contribution is 2.42. The molecule has 62 heavy (non-hydrogen) atoms. The van der Waals surface area contributed by atoms with Gasteiger partial charge in [0.25, 0.3) is 11.8 Å². The standard InChI is InChI=1S/C48H62F2N10O2/c1-32-24-38(39(50)27-43(32)60-23-9-15-48(31-60)47(62)55-42-29-53-45(28-41(42)56-48)58-20-6-3-7-21-58)36-13-11-33(49)25-44(36)59-22-8-10-34(30-59)54-40-26-35(57-18-4-2-5-19-57)12-14-37(40)46(61)52-17-16-51/h11-14,24-29,32,34,43,54,56H,2-10,15-23,30-31,51H2,1H3,(H,52,61)(H,55,62)/t32?,34-,43?,48?/m1/s1. The number of hydrogen-bond donors (Lipinski definition) is 5. The number of piperidine rings is 4. The number of rotatable bonds is 10. The van der Waals surface area contributed by atoms with Crippen LogP contribution in [-0.4, -0.2) is 105 Å². The molecule has 6 N–H and O–H groups in total. The summed E-state index contributed by atoms with van der Waals surface area (Å²) in [4.78, 5) is 40.9. The number of halogens is 2. The molecule has 4 fully saturated rings. The van der Waals surface area contributed by atoms with Crippen LogP contribution in [0, 0.1) is 11.7 Å². The van der Waals surface area contributed by atoms with Crippen LogP contribution in [0.2, 0.25) is 0 Å². The maximum absolute atomic E-state index is 16.7. The third-order valence-corrected chi connectivity index (χ3v) is 13.9. The van der Waals surface area contributed by atoms with Crippen LogP contribution in [0.3, 0.4) is 0 Å². The van der Waals surface area contributed by atoms with Crippen LogP contribution in [-0.2, 0) is 4.79 Å². The fraction of sp³-hybridized carbons (Fsp3) is 0.521. The number of anilines is 6. The highest BCUT2D eigenvalue weighted by atomic mass is 19.1. The first-order chi connectivity index (χ1) is 30.2. The van der Waals surface area contributed by atoms with Crippen LogP contribution in [0.25, 0.3) is 5.57 Å². The lowest BCUT2D eigenvalue weighted by atomic mass is 9.82. The van der Waals surface area contributed by atoms with E-state index in [0.717, 1.165) is 101 Å². The number of allylic oxidation sites excluding steroid dienone is 2. The van der Waals surface area contributed by atoms with Gasteiger partial charge in [0.15, 0.2) is 0 Å². The topological polar surface area (TPSA) is 134 Å². The lowest BCUT2D eigenvalue weighted by molar-refractivity contribution is -0.122. The highest BCUT2D eigenvalue weighted by molar-refractivity contribution is 6.06. The van der Waals surface area contributed by atoms with Gasteiger partial charge in [0, 0.05) is 105 Å². The maximum atomic E-state index is 16.7. The summed E-state index contributed by atoms with van der Waals surface area (Å²) in [5.74, 6) is -0.153. The first-order valence-corrected chi connectivity index (χ1v) is 23.0. The van der Waals surface area contributed by atoms with Crippen LogP contribution >= 0.6 is 0 Å². The number of likely N-dealkylation sites (tertiary alicyclic amines) is 1. The lowest BCUT2D eigenvalue weighted by Gasteiger charge is -2.48. The van der Waals surface area contributed by atoms with E-state index in [1.165, 1.54) is 25.0 Å². The first-order valence-electron chi connectivity index (χ1n) is 23.0. The SMILES string of the molecule is CC1C=C(c2ccc(F)cc2N2CCC[C@@H](Nc3cc(N4CCCCC4)ccc3C(=O)NCCN)C2)C(F)=CC1N1CCCC2(C1)Nc1cc(N3CCCCC3)ncc1NC2=O. The molecule has 5 aliphatic heterocycles. The van der Waals surface area contributed by atoms with Gasteiger partial charge >= 0.3 is 0 Å². The minimum atomic E-state index is -0.855. The number of carbonyl (C=O) groups excluding carboxylic acids is 2. The second-order valence-electron chi connectivity index (χ2n) is 18.2. The van der Waals surface area contributed by atoms with E-state index in [2.05, 4.69) is 64.9 Å². The maximum Gasteiger partial charge on any atom is 0.253 e. The van der Waals surface area contributed by atoms with E-state index in [1.807, 2.05) is 18.2 Å². The summed E-state index contributed by atoms with van der Waals surface area (Å²) in [7, 11) is 0. The molecule has 1 spiro atoms. The molecule has 3 aromatic rings. The number of benzene rings is 2. The number of nitrogens with one attached hydrogen (secondary N) is 4. The minimum absolute atomic E-state index is 0.0434. The molecule has 0 bridgehead atoms. The van der Waals surface area contributed by atoms with E-state index < -0.39 is 5.54 Å².